The predicted octanol–water partition coefficient (Wildman–Crippen LogP) is 2.23. The van der Waals surface area contributed by atoms with Crippen LogP contribution in [-0.4, -0.2) is 52.3 Å². The van der Waals surface area contributed by atoms with Gasteiger partial charge < -0.3 is 20.1 Å². The fourth-order valence-corrected chi connectivity index (χ4v) is 2.61. The summed E-state index contributed by atoms with van der Waals surface area (Å²) in [6.07, 6.45) is 1.51. The van der Waals surface area contributed by atoms with Crippen LogP contribution in [0.2, 0.25) is 0 Å². The smallest absolute Gasteiger partial charge is 0.410 e. The summed E-state index contributed by atoms with van der Waals surface area (Å²) in [5.41, 5.74) is -1.07. The number of nitrogens with one attached hydrogen (secondary N) is 1. The Labute approximate surface area is 126 Å². The van der Waals surface area contributed by atoms with Crippen LogP contribution in [0.3, 0.4) is 0 Å². The summed E-state index contributed by atoms with van der Waals surface area (Å²) in [6, 6.07) is 0.269. The van der Waals surface area contributed by atoms with Crippen molar-refractivity contribution in [3.8, 4) is 0 Å². The van der Waals surface area contributed by atoms with Gasteiger partial charge >= 0.3 is 12.1 Å². The molecule has 1 aliphatic rings. The van der Waals surface area contributed by atoms with Gasteiger partial charge in [-0.3, -0.25) is 4.79 Å². The summed E-state index contributed by atoms with van der Waals surface area (Å²) in [7, 11) is 0. The number of carbonyl (C=O) groups excluding carboxylic acids is 1. The van der Waals surface area contributed by atoms with Crippen LogP contribution in [0.1, 0.15) is 53.9 Å². The second-order valence-corrected chi connectivity index (χ2v) is 6.85. The molecule has 0 aliphatic carbocycles. The summed E-state index contributed by atoms with van der Waals surface area (Å²) in [4.78, 5) is 24.6. The van der Waals surface area contributed by atoms with Crippen LogP contribution in [-0.2, 0) is 9.53 Å². The maximum absolute atomic E-state index is 12.0. The van der Waals surface area contributed by atoms with Gasteiger partial charge in [-0.25, -0.2) is 4.79 Å². The Hall–Kier alpha value is -1.30. The molecule has 0 aromatic carbocycles. The van der Waals surface area contributed by atoms with Gasteiger partial charge in [-0.1, -0.05) is 13.8 Å². The number of rotatable bonds is 6. The molecule has 0 bridgehead atoms. The molecule has 1 heterocycles. The van der Waals surface area contributed by atoms with E-state index in [-0.39, 0.29) is 18.6 Å². The fourth-order valence-electron chi connectivity index (χ4n) is 2.61. The van der Waals surface area contributed by atoms with Gasteiger partial charge in [-0.2, -0.15) is 0 Å². The third-order valence-electron chi connectivity index (χ3n) is 3.62. The zero-order valence-electron chi connectivity index (χ0n) is 13.7. The SMILES string of the molecule is CCC(CC)NC1(CC(=O)O)CN(C(=O)OC(C)(C)C)C1. The summed E-state index contributed by atoms with van der Waals surface area (Å²) < 4.78 is 5.31. The summed E-state index contributed by atoms with van der Waals surface area (Å²) in [5, 5.41) is 12.5. The number of likely N-dealkylation sites (tertiary alicyclic amines) is 1. The number of carboxylic acid groups (broad SMARTS) is 1. The number of carbonyl (C=O) groups is 2. The van der Waals surface area contributed by atoms with Crippen molar-refractivity contribution in [2.24, 2.45) is 0 Å². The van der Waals surface area contributed by atoms with Crippen LogP contribution >= 0.6 is 0 Å². The van der Waals surface area contributed by atoms with E-state index in [0.717, 1.165) is 12.8 Å². The molecule has 1 rings (SSSR count). The molecule has 1 fully saturated rings. The molecule has 0 aromatic heterocycles. The molecular weight excluding hydrogens is 272 g/mol. The van der Waals surface area contributed by atoms with Crippen molar-refractivity contribution in [2.75, 3.05) is 13.1 Å². The van der Waals surface area contributed by atoms with E-state index in [1.54, 1.807) is 4.90 Å². The first-order valence-electron chi connectivity index (χ1n) is 7.58. The molecule has 0 atom stereocenters. The molecule has 21 heavy (non-hydrogen) atoms. The molecular formula is C15H28N2O4. The predicted molar refractivity (Wildman–Crippen MR) is 80.3 cm³/mol. The van der Waals surface area contributed by atoms with Crippen LogP contribution in [0.15, 0.2) is 0 Å². The van der Waals surface area contributed by atoms with Gasteiger partial charge in [0, 0.05) is 19.1 Å². The lowest BCUT2D eigenvalue weighted by atomic mass is 9.85. The van der Waals surface area contributed by atoms with Crippen molar-refractivity contribution < 1.29 is 19.4 Å². The van der Waals surface area contributed by atoms with Gasteiger partial charge in [-0.15, -0.1) is 0 Å². The number of amides is 1. The van der Waals surface area contributed by atoms with Crippen molar-refractivity contribution in [2.45, 2.75) is 71.1 Å². The van der Waals surface area contributed by atoms with Crippen LogP contribution in [0, 0.1) is 0 Å². The number of carboxylic acids is 1. The maximum Gasteiger partial charge on any atom is 0.410 e. The Morgan fingerprint density at radius 2 is 1.81 bits per heavy atom. The van der Waals surface area contributed by atoms with Crippen molar-refractivity contribution >= 4 is 12.1 Å². The Bertz CT molecular complexity index is 380. The molecule has 2 N–H and O–H groups in total. The Balaban J connectivity index is 2.65. The third-order valence-corrected chi connectivity index (χ3v) is 3.62. The van der Waals surface area contributed by atoms with Gasteiger partial charge in [0.2, 0.25) is 0 Å². The third kappa shape index (κ3) is 5.19. The van der Waals surface area contributed by atoms with Crippen LogP contribution in [0.4, 0.5) is 4.79 Å². The maximum atomic E-state index is 12.0. The largest absolute Gasteiger partial charge is 0.481 e. The summed E-state index contributed by atoms with van der Waals surface area (Å²) in [5.74, 6) is -0.850. The molecule has 6 nitrogen and oxygen atoms in total. The van der Waals surface area contributed by atoms with E-state index >= 15 is 0 Å². The molecule has 1 saturated heterocycles. The topological polar surface area (TPSA) is 78.9 Å². The molecule has 1 aliphatic heterocycles. The first-order valence-corrected chi connectivity index (χ1v) is 7.58. The standard InChI is InChI=1S/C15H28N2O4/c1-6-11(7-2)16-15(8-12(18)19)9-17(10-15)13(20)21-14(3,4)5/h11,16H,6-10H2,1-5H3,(H,18,19). The zero-order valence-corrected chi connectivity index (χ0v) is 13.7. The highest BCUT2D eigenvalue weighted by atomic mass is 16.6. The van der Waals surface area contributed by atoms with Crippen LogP contribution < -0.4 is 5.32 Å². The van der Waals surface area contributed by atoms with Crippen molar-refractivity contribution in [1.29, 1.82) is 0 Å². The average molecular weight is 300 g/mol. The summed E-state index contributed by atoms with van der Waals surface area (Å²) in [6.45, 7) is 10.3. The Morgan fingerprint density at radius 1 is 1.29 bits per heavy atom. The van der Waals surface area contributed by atoms with E-state index in [2.05, 4.69) is 19.2 Å². The lowest BCUT2D eigenvalue weighted by Gasteiger charge is -2.51. The highest BCUT2D eigenvalue weighted by molar-refractivity contribution is 5.73. The van der Waals surface area contributed by atoms with Crippen molar-refractivity contribution in [3.05, 3.63) is 0 Å². The van der Waals surface area contributed by atoms with Gasteiger partial charge in [0.25, 0.3) is 0 Å². The number of nitrogens with zero attached hydrogens (tertiary/aromatic N) is 1. The fraction of sp³-hybridized carbons (Fsp3) is 0.867. The number of aliphatic carboxylic acids is 1. The zero-order chi connectivity index (χ0) is 16.3. The van der Waals surface area contributed by atoms with Crippen LogP contribution in [0.25, 0.3) is 0 Å². The quantitative estimate of drug-likeness (QED) is 0.786. The van der Waals surface area contributed by atoms with E-state index < -0.39 is 17.1 Å². The first-order chi connectivity index (χ1) is 9.61. The Morgan fingerprint density at radius 3 is 2.19 bits per heavy atom. The van der Waals surface area contributed by atoms with Crippen molar-refractivity contribution in [1.82, 2.24) is 10.2 Å². The highest BCUT2D eigenvalue weighted by Gasteiger charge is 2.48. The van der Waals surface area contributed by atoms with E-state index in [9.17, 15) is 9.59 Å². The second kappa shape index (κ2) is 6.64. The first kappa shape index (κ1) is 17.8. The van der Waals surface area contributed by atoms with Gasteiger partial charge in [0.1, 0.15) is 5.60 Å². The highest BCUT2D eigenvalue weighted by Crippen LogP contribution is 2.28. The molecule has 6 heteroatoms. The molecule has 0 aromatic rings. The van der Waals surface area contributed by atoms with Gasteiger partial charge in [0.05, 0.1) is 12.0 Å². The number of hydrogen-bond acceptors (Lipinski definition) is 4. The van der Waals surface area contributed by atoms with E-state index in [1.165, 1.54) is 0 Å². The minimum atomic E-state index is -0.850. The number of hydrogen-bond donors (Lipinski definition) is 2. The lowest BCUT2D eigenvalue weighted by Crippen LogP contribution is -2.72. The van der Waals surface area contributed by atoms with Crippen LogP contribution in [0.5, 0.6) is 0 Å². The molecule has 0 saturated carbocycles. The molecule has 0 unspecified atom stereocenters. The average Bonchev–Trinajstić information content (AvgIpc) is 2.28. The van der Waals surface area contributed by atoms with Gasteiger partial charge in [0.15, 0.2) is 0 Å². The van der Waals surface area contributed by atoms with E-state index in [1.807, 2.05) is 20.8 Å². The minimum Gasteiger partial charge on any atom is -0.481 e. The monoisotopic (exact) mass is 300 g/mol. The molecule has 0 radical (unpaired) electrons. The molecule has 0 spiro atoms. The normalized spacial score (nSPS) is 17.5. The summed E-state index contributed by atoms with van der Waals surface area (Å²) >= 11 is 0. The minimum absolute atomic E-state index is 0.0167. The van der Waals surface area contributed by atoms with Crippen molar-refractivity contribution in [3.63, 3.8) is 0 Å². The number of ether oxygens (including phenoxy) is 1. The lowest BCUT2D eigenvalue weighted by molar-refractivity contribution is -0.141. The molecule has 1 amide bonds. The Kier molecular flexibility index (Phi) is 5.61. The van der Waals surface area contributed by atoms with E-state index in [4.69, 9.17) is 9.84 Å². The van der Waals surface area contributed by atoms with Gasteiger partial charge in [-0.05, 0) is 33.6 Å². The second-order valence-electron chi connectivity index (χ2n) is 6.85. The van der Waals surface area contributed by atoms with E-state index in [0.29, 0.717) is 13.1 Å². The molecule has 122 valence electrons.